The fourth-order valence-corrected chi connectivity index (χ4v) is 7.89. The average molecular weight is 535 g/mol. The number of carbonyl (C=O) groups excluding carboxylic acids is 3. The lowest BCUT2D eigenvalue weighted by Gasteiger charge is -2.56. The van der Waals surface area contributed by atoms with Crippen molar-refractivity contribution in [2.24, 2.45) is 28.6 Å². The van der Waals surface area contributed by atoms with Crippen LogP contribution in [-0.2, 0) is 23.9 Å². The summed E-state index contributed by atoms with van der Waals surface area (Å²) < 4.78 is 11.1. The monoisotopic (exact) mass is 534 g/mol. The minimum absolute atomic E-state index is 0. The smallest absolute Gasteiger partial charge is 0.320 e. The molecule has 5 aliphatic rings. The minimum Gasteiger partial charge on any atom is -0.459 e. The topological polar surface area (TPSA) is 69.7 Å². The second-order valence-corrected chi connectivity index (χ2v) is 12.6. The lowest BCUT2D eigenvalue weighted by atomic mass is 9.54. The molecule has 4 saturated carbocycles. The van der Waals surface area contributed by atoms with Gasteiger partial charge in [-0.1, -0.05) is 51.5 Å². The van der Waals surface area contributed by atoms with Gasteiger partial charge in [0.2, 0.25) is 0 Å². The van der Waals surface area contributed by atoms with Gasteiger partial charge in [-0.05, 0) is 96.3 Å². The summed E-state index contributed by atoms with van der Waals surface area (Å²) in [5, 5.41) is 0. The summed E-state index contributed by atoms with van der Waals surface area (Å²) in [6.07, 6.45) is 8.25. The first-order valence-corrected chi connectivity index (χ1v) is 11.9. The summed E-state index contributed by atoms with van der Waals surface area (Å²) in [6.45, 7) is 7.49. The zero-order valence-electron chi connectivity index (χ0n) is 18.7. The fraction of sp³-hybridized carbons (Fsp3) is 0.900. The number of esters is 3. The number of ether oxygens (including phenoxy) is 2. The van der Waals surface area contributed by atoms with Crippen molar-refractivity contribution in [2.75, 3.05) is 0 Å². The highest BCUT2D eigenvalue weighted by Gasteiger charge is 2.55. The van der Waals surface area contributed by atoms with Crippen molar-refractivity contribution >= 4 is 29.5 Å². The SMILES string of the molecule is C.C.C.C.C.C.CCC(C)(CC(C)(Cl)CC1(C)CC(=O)OC1=O)C(=O)OC12CC3CC(CC(C3)C1)C2. The molecule has 4 aliphatic carbocycles. The molecule has 0 N–H and O–H groups in total. The van der Waals surface area contributed by atoms with E-state index in [1.54, 1.807) is 6.92 Å². The molecule has 5 fully saturated rings. The third kappa shape index (κ3) is 7.48. The molecule has 0 aromatic heterocycles. The normalized spacial score (nSPS) is 34.4. The van der Waals surface area contributed by atoms with Gasteiger partial charge in [-0.25, -0.2) is 0 Å². The van der Waals surface area contributed by atoms with Gasteiger partial charge in [0, 0.05) is 4.87 Å². The second kappa shape index (κ2) is 13.1. The van der Waals surface area contributed by atoms with Crippen LogP contribution in [0, 0.1) is 28.6 Å². The Kier molecular flexibility index (Phi) is 14.4. The van der Waals surface area contributed by atoms with Gasteiger partial charge in [0.1, 0.15) is 5.60 Å². The van der Waals surface area contributed by atoms with Crippen LogP contribution in [0.1, 0.15) is 136 Å². The third-order valence-electron chi connectivity index (χ3n) is 8.32. The number of rotatable bonds is 7. The Labute approximate surface area is 228 Å². The average Bonchev–Trinajstić information content (AvgIpc) is 2.83. The second-order valence-electron chi connectivity index (χ2n) is 11.7. The molecule has 3 atom stereocenters. The van der Waals surface area contributed by atoms with E-state index in [2.05, 4.69) is 0 Å². The zero-order valence-corrected chi connectivity index (χ0v) is 19.5. The highest BCUT2D eigenvalue weighted by Crippen LogP contribution is 2.58. The lowest BCUT2D eigenvalue weighted by molar-refractivity contribution is -0.197. The maximum Gasteiger partial charge on any atom is 0.320 e. The molecule has 5 nitrogen and oxygen atoms in total. The molecule has 4 bridgehead atoms. The van der Waals surface area contributed by atoms with E-state index in [1.165, 1.54) is 19.3 Å². The number of hydrogen-bond donors (Lipinski definition) is 0. The van der Waals surface area contributed by atoms with Crippen LogP contribution >= 0.6 is 11.6 Å². The van der Waals surface area contributed by atoms with Crippen LogP contribution in [0.25, 0.3) is 0 Å². The van der Waals surface area contributed by atoms with E-state index in [0.29, 0.717) is 30.6 Å². The van der Waals surface area contributed by atoms with Crippen LogP contribution in [0.4, 0.5) is 0 Å². The predicted octanol–water partition coefficient (Wildman–Crippen LogP) is 8.99. The molecule has 1 saturated heterocycles. The molecule has 0 aromatic carbocycles. The number of cyclic esters (lactones) is 2. The first-order chi connectivity index (χ1) is 13.9. The van der Waals surface area contributed by atoms with Crippen molar-refractivity contribution in [3.63, 3.8) is 0 Å². The maximum absolute atomic E-state index is 13.5. The Morgan fingerprint density at radius 2 is 1.42 bits per heavy atom. The van der Waals surface area contributed by atoms with E-state index in [9.17, 15) is 14.4 Å². The van der Waals surface area contributed by atoms with E-state index < -0.39 is 27.6 Å². The molecule has 3 unspecified atom stereocenters. The van der Waals surface area contributed by atoms with Crippen molar-refractivity contribution < 1.29 is 23.9 Å². The molecule has 36 heavy (non-hydrogen) atoms. The Balaban J connectivity index is -0.00000181. The summed E-state index contributed by atoms with van der Waals surface area (Å²) in [4.78, 5) is 36.4. The van der Waals surface area contributed by atoms with Crippen LogP contribution in [0.5, 0.6) is 0 Å². The fourth-order valence-electron chi connectivity index (χ4n) is 7.30. The zero-order chi connectivity index (χ0) is 21.9. The summed E-state index contributed by atoms with van der Waals surface area (Å²) >= 11 is 6.88. The van der Waals surface area contributed by atoms with Crippen LogP contribution < -0.4 is 0 Å². The van der Waals surface area contributed by atoms with Crippen molar-refractivity contribution in [2.45, 2.75) is 147 Å². The number of carbonyl (C=O) groups is 3. The molecular weight excluding hydrogens is 476 g/mol. The highest BCUT2D eigenvalue weighted by molar-refractivity contribution is 6.24. The minimum atomic E-state index is -0.938. The Hall–Kier alpha value is -1.10. The molecular formula is C30H59ClO5. The predicted molar refractivity (Wildman–Crippen MR) is 153 cm³/mol. The maximum atomic E-state index is 13.5. The Morgan fingerprint density at radius 1 is 0.972 bits per heavy atom. The summed E-state index contributed by atoms with van der Waals surface area (Å²) in [5.41, 5.74) is -1.95. The highest BCUT2D eigenvalue weighted by atomic mass is 35.5. The summed E-state index contributed by atoms with van der Waals surface area (Å²) in [6, 6.07) is 0. The van der Waals surface area contributed by atoms with Crippen molar-refractivity contribution in [3.05, 3.63) is 0 Å². The van der Waals surface area contributed by atoms with Crippen molar-refractivity contribution in [1.29, 1.82) is 0 Å². The van der Waals surface area contributed by atoms with E-state index >= 15 is 0 Å². The Bertz CT molecular complexity index is 725. The molecule has 216 valence electrons. The lowest BCUT2D eigenvalue weighted by Crippen LogP contribution is -2.54. The van der Waals surface area contributed by atoms with Crippen LogP contribution in [-0.4, -0.2) is 28.4 Å². The van der Waals surface area contributed by atoms with Gasteiger partial charge in [0.05, 0.1) is 17.3 Å². The first-order valence-electron chi connectivity index (χ1n) is 11.5. The molecule has 5 rings (SSSR count). The molecule has 1 heterocycles. The molecule has 0 aromatic rings. The van der Waals surface area contributed by atoms with Gasteiger partial charge in [-0.2, -0.15) is 0 Å². The molecule has 0 amide bonds. The Morgan fingerprint density at radius 3 is 1.78 bits per heavy atom. The van der Waals surface area contributed by atoms with E-state index in [1.807, 2.05) is 20.8 Å². The van der Waals surface area contributed by atoms with Gasteiger partial charge in [0.25, 0.3) is 0 Å². The molecule has 0 spiro atoms. The largest absolute Gasteiger partial charge is 0.459 e. The first kappa shape index (κ1) is 39.4. The number of halogens is 1. The van der Waals surface area contributed by atoms with E-state index in [0.717, 1.165) is 19.3 Å². The van der Waals surface area contributed by atoms with Crippen molar-refractivity contribution in [1.82, 2.24) is 0 Å². The van der Waals surface area contributed by atoms with E-state index in [4.69, 9.17) is 21.1 Å². The van der Waals surface area contributed by atoms with Crippen molar-refractivity contribution in [3.8, 4) is 0 Å². The van der Waals surface area contributed by atoms with Gasteiger partial charge in [-0.3, -0.25) is 14.4 Å². The van der Waals surface area contributed by atoms with Gasteiger partial charge in [0.15, 0.2) is 0 Å². The summed E-state index contributed by atoms with van der Waals surface area (Å²) in [5.74, 6) is 0.945. The molecule has 1 aliphatic heterocycles. The molecule has 6 heteroatoms. The van der Waals surface area contributed by atoms with Gasteiger partial charge < -0.3 is 9.47 Å². The standard InChI is InChI=1S/C24H35ClO5.6CH4/c1-5-21(2,13-23(4,25)14-22(3)12-18(26)29-19(22)27)20(28)30-24-9-15-6-16(10-24)8-17(7-15)11-24;;;;;;/h15-17H,5-14H2,1-4H3;6*1H4. The van der Waals surface area contributed by atoms with Gasteiger partial charge in [-0.15, -0.1) is 11.6 Å². The number of hydrogen-bond acceptors (Lipinski definition) is 5. The summed E-state index contributed by atoms with van der Waals surface area (Å²) in [7, 11) is 0. The quantitative estimate of drug-likeness (QED) is 0.185. The number of alkyl halides is 1. The van der Waals surface area contributed by atoms with Crippen LogP contribution in [0.3, 0.4) is 0 Å². The third-order valence-corrected chi connectivity index (χ3v) is 8.58. The van der Waals surface area contributed by atoms with Crippen LogP contribution in [0.2, 0.25) is 0 Å². The van der Waals surface area contributed by atoms with E-state index in [-0.39, 0.29) is 69.0 Å². The molecule has 0 radical (unpaired) electrons. The van der Waals surface area contributed by atoms with Gasteiger partial charge >= 0.3 is 17.9 Å². The van der Waals surface area contributed by atoms with Crippen LogP contribution in [0.15, 0.2) is 0 Å².